The molecule has 320 valence electrons. The van der Waals surface area contributed by atoms with Crippen LogP contribution in [0.15, 0.2) is 12.1 Å². The first-order chi connectivity index (χ1) is 28.0. The Morgan fingerprint density at radius 3 is 1.58 bits per heavy atom. The van der Waals surface area contributed by atoms with Crippen LogP contribution in [-0.4, -0.2) is 68.8 Å². The Bertz CT molecular complexity index is 2800. The summed E-state index contributed by atoms with van der Waals surface area (Å²) in [7, 11) is 0. The van der Waals surface area contributed by atoms with E-state index >= 15 is 0 Å². The zero-order chi connectivity index (χ0) is 44.7. The summed E-state index contributed by atoms with van der Waals surface area (Å²) < 4.78 is 8.38. The van der Waals surface area contributed by atoms with E-state index in [2.05, 4.69) is 149 Å². The van der Waals surface area contributed by atoms with E-state index in [1.807, 2.05) is 70.8 Å². The third kappa shape index (κ3) is 9.07. The average Bonchev–Trinajstić information content (AvgIpc) is 3.86. The van der Waals surface area contributed by atoms with Crippen LogP contribution in [-0.2, 0) is 0 Å². The lowest BCUT2D eigenvalue weighted by molar-refractivity contribution is 0.526. The van der Waals surface area contributed by atoms with Crippen molar-refractivity contribution < 1.29 is 0 Å². The summed E-state index contributed by atoms with van der Waals surface area (Å²) in [5, 5.41) is 15.2. The summed E-state index contributed by atoms with van der Waals surface area (Å²) in [6.45, 7) is 41.5. The molecule has 0 saturated heterocycles. The van der Waals surface area contributed by atoms with Crippen molar-refractivity contribution in [3.8, 4) is 0 Å². The summed E-state index contributed by atoms with van der Waals surface area (Å²) >= 11 is 0. The van der Waals surface area contributed by atoms with Crippen LogP contribution in [0.5, 0.6) is 0 Å². The van der Waals surface area contributed by atoms with Gasteiger partial charge in [-0.2, -0.15) is 5.10 Å². The summed E-state index contributed by atoms with van der Waals surface area (Å²) in [5.74, 6) is 2.62. The van der Waals surface area contributed by atoms with Crippen molar-refractivity contribution in [1.29, 1.82) is 0 Å². The van der Waals surface area contributed by atoms with Crippen LogP contribution in [0.4, 0.5) is 0 Å². The minimum absolute atomic E-state index is 0.300. The van der Waals surface area contributed by atoms with Crippen molar-refractivity contribution in [1.82, 2.24) is 68.8 Å². The van der Waals surface area contributed by atoms with E-state index in [0.717, 1.165) is 90.6 Å². The highest BCUT2D eigenvalue weighted by molar-refractivity contribution is 5.87. The molecule has 0 unspecified atom stereocenters. The van der Waals surface area contributed by atoms with Crippen LogP contribution in [0.2, 0.25) is 0 Å². The fraction of sp³-hybridized carbons (Fsp3) is 0.522. The minimum Gasteiger partial charge on any atom is -0.342 e. The third-order valence-corrected chi connectivity index (χ3v) is 10.6. The smallest absolute Gasteiger partial charge is 0.179 e. The number of nitrogens with zero attached hydrogens (tertiary/aromatic N) is 14. The highest BCUT2D eigenvalue weighted by atomic mass is 15.4. The quantitative estimate of drug-likeness (QED) is 0.168. The van der Waals surface area contributed by atoms with Gasteiger partial charge < -0.3 is 9.13 Å². The van der Waals surface area contributed by atoms with Gasteiger partial charge in [0.25, 0.3) is 0 Å². The Balaban J connectivity index is 0.000000152. The van der Waals surface area contributed by atoms with E-state index in [0.29, 0.717) is 24.2 Å². The SMILES string of the molecule is Cc1cc(C)c2nnn(C(C)C)c2n1.Cc1cc2c(c(C)n1)c(C)c(C)n2C(C)C.Cc1nc(C)c2c(C)nn(C(C)C)c2n1.Cc1nc(C)c2nc(C)n(C(C)C)c2n1. The standard InChI is InChI=1S/C14H20N2.2C11H16N4.C10H14N4/c1-8(2)16-12(6)10(4)14-11(5)15-9(3)7-13(14)16;1-6(2)15-9(5)14-10-7(3)12-8(4)13-11(10)15;1-6(2)15-11-10(8(4)14-15)7(3)12-9(5)13-11;1-6(2)14-10-9(12-13-14)7(3)5-8(4)11-10/h7-8H,1-6H3;2*6H,1-5H3;5-6H,1-4H3. The maximum atomic E-state index is 4.56. The summed E-state index contributed by atoms with van der Waals surface area (Å²) in [6, 6.07) is 5.73. The highest BCUT2D eigenvalue weighted by Crippen LogP contribution is 2.30. The second-order valence-electron chi connectivity index (χ2n) is 17.1. The Morgan fingerprint density at radius 1 is 0.450 bits per heavy atom. The zero-order valence-corrected chi connectivity index (χ0v) is 39.7. The first-order valence-corrected chi connectivity index (χ1v) is 21.1. The van der Waals surface area contributed by atoms with Gasteiger partial charge in [0.1, 0.15) is 28.5 Å². The summed E-state index contributed by atoms with van der Waals surface area (Å²) in [6.07, 6.45) is 0. The number of pyridine rings is 2. The topological polar surface area (TPSA) is 149 Å². The molecule has 0 N–H and O–H groups in total. The van der Waals surface area contributed by atoms with E-state index < -0.39 is 0 Å². The first kappa shape index (κ1) is 45.4. The van der Waals surface area contributed by atoms with Crippen LogP contribution < -0.4 is 0 Å². The molecule has 14 heteroatoms. The van der Waals surface area contributed by atoms with E-state index in [1.165, 1.54) is 22.2 Å². The van der Waals surface area contributed by atoms with Crippen LogP contribution >= 0.6 is 0 Å². The minimum atomic E-state index is 0.300. The van der Waals surface area contributed by atoms with Gasteiger partial charge in [-0.1, -0.05) is 5.21 Å². The van der Waals surface area contributed by atoms with Crippen molar-refractivity contribution in [2.45, 2.75) is 163 Å². The van der Waals surface area contributed by atoms with Gasteiger partial charge in [0, 0.05) is 46.3 Å². The number of aromatic nitrogens is 14. The maximum absolute atomic E-state index is 4.56. The fourth-order valence-corrected chi connectivity index (χ4v) is 8.12. The van der Waals surface area contributed by atoms with Crippen molar-refractivity contribution in [2.75, 3.05) is 0 Å². The lowest BCUT2D eigenvalue weighted by atomic mass is 10.1. The molecule has 0 atom stereocenters. The molecule has 8 heterocycles. The van der Waals surface area contributed by atoms with Crippen molar-refractivity contribution in [3.05, 3.63) is 80.6 Å². The number of hydrogen-bond acceptors (Lipinski definition) is 10. The molecule has 0 aliphatic heterocycles. The molecule has 0 bridgehead atoms. The largest absolute Gasteiger partial charge is 0.342 e. The second kappa shape index (κ2) is 17.9. The number of aryl methyl sites for hydroxylation is 11. The lowest BCUT2D eigenvalue weighted by Gasteiger charge is -2.12. The molecule has 0 aliphatic rings. The van der Waals surface area contributed by atoms with Crippen molar-refractivity contribution in [3.63, 3.8) is 0 Å². The van der Waals surface area contributed by atoms with Crippen LogP contribution in [0, 0.1) is 83.1 Å². The Morgan fingerprint density at radius 2 is 1.00 bits per heavy atom. The molecular formula is C46H66N14. The molecule has 60 heavy (non-hydrogen) atoms. The normalized spacial score (nSPS) is 11.6. The molecule has 0 saturated carbocycles. The van der Waals surface area contributed by atoms with E-state index in [1.54, 1.807) is 0 Å². The van der Waals surface area contributed by atoms with E-state index in [9.17, 15) is 0 Å². The second-order valence-corrected chi connectivity index (χ2v) is 17.1. The molecule has 0 amide bonds. The predicted octanol–water partition coefficient (Wildman–Crippen LogP) is 10.5. The molecule has 8 aromatic rings. The van der Waals surface area contributed by atoms with Gasteiger partial charge >= 0.3 is 0 Å². The van der Waals surface area contributed by atoms with Gasteiger partial charge in [-0.3, -0.25) is 4.98 Å². The molecular weight excluding hydrogens is 749 g/mol. The molecule has 0 fully saturated rings. The Kier molecular flexibility index (Phi) is 13.6. The van der Waals surface area contributed by atoms with E-state index in [4.69, 9.17) is 0 Å². The highest BCUT2D eigenvalue weighted by Gasteiger charge is 2.17. The maximum Gasteiger partial charge on any atom is 0.179 e. The molecule has 8 rings (SSSR count). The molecule has 0 aliphatic carbocycles. The predicted molar refractivity (Wildman–Crippen MR) is 244 cm³/mol. The van der Waals surface area contributed by atoms with Gasteiger partial charge in [-0.25, -0.2) is 39.3 Å². The first-order valence-electron chi connectivity index (χ1n) is 21.1. The van der Waals surface area contributed by atoms with Crippen LogP contribution in [0.1, 0.15) is 148 Å². The van der Waals surface area contributed by atoms with E-state index in [-0.39, 0.29) is 0 Å². The molecule has 0 spiro atoms. The number of rotatable bonds is 4. The van der Waals surface area contributed by atoms with Gasteiger partial charge in [0.2, 0.25) is 0 Å². The van der Waals surface area contributed by atoms with Crippen molar-refractivity contribution >= 4 is 44.3 Å². The molecule has 0 radical (unpaired) electrons. The number of fused-ring (bicyclic) bond motifs is 4. The Labute approximate surface area is 355 Å². The molecule has 14 nitrogen and oxygen atoms in total. The molecule has 8 aromatic heterocycles. The molecule has 0 aromatic carbocycles. The summed E-state index contributed by atoms with van der Waals surface area (Å²) in [4.78, 5) is 31.2. The summed E-state index contributed by atoms with van der Waals surface area (Å²) in [5.41, 5.74) is 16.1. The average molecular weight is 815 g/mol. The van der Waals surface area contributed by atoms with Gasteiger partial charge in [0.05, 0.1) is 34.0 Å². The van der Waals surface area contributed by atoms with Gasteiger partial charge in [-0.15, -0.1) is 5.10 Å². The number of imidazole rings is 1. The monoisotopic (exact) mass is 815 g/mol. The van der Waals surface area contributed by atoms with Gasteiger partial charge in [-0.05, 0) is 162 Å². The van der Waals surface area contributed by atoms with Crippen LogP contribution in [0.3, 0.4) is 0 Å². The number of hydrogen-bond donors (Lipinski definition) is 0. The van der Waals surface area contributed by atoms with Crippen molar-refractivity contribution in [2.24, 2.45) is 0 Å². The third-order valence-electron chi connectivity index (χ3n) is 10.6. The van der Waals surface area contributed by atoms with Crippen LogP contribution in [0.25, 0.3) is 44.3 Å². The lowest BCUT2D eigenvalue weighted by Crippen LogP contribution is -2.04. The Hall–Kier alpha value is -5.66. The zero-order valence-electron chi connectivity index (χ0n) is 39.7. The fourth-order valence-electron chi connectivity index (χ4n) is 8.12. The van der Waals surface area contributed by atoms with Gasteiger partial charge in [0.15, 0.2) is 16.9 Å².